The van der Waals surface area contributed by atoms with Gasteiger partial charge in [0.2, 0.25) is 0 Å². The van der Waals surface area contributed by atoms with Gasteiger partial charge in [-0.05, 0) is 12.1 Å². The minimum Gasteiger partial charge on any atom is -0.481 e. The molecule has 1 rings (SSSR count). The summed E-state index contributed by atoms with van der Waals surface area (Å²) in [6, 6.07) is 4.65. The molecule has 6 nitrogen and oxygen atoms in total. The molecule has 1 aromatic rings. The van der Waals surface area contributed by atoms with Gasteiger partial charge in [0.15, 0.2) is 0 Å². The Morgan fingerprint density at radius 1 is 1.44 bits per heavy atom. The highest BCUT2D eigenvalue weighted by Gasteiger charge is 2.12. The maximum atomic E-state index is 11.0. The van der Waals surface area contributed by atoms with Gasteiger partial charge in [-0.1, -0.05) is 6.07 Å². The molecule has 2 amide bonds. The molecule has 0 saturated carbocycles. The van der Waals surface area contributed by atoms with Crippen molar-refractivity contribution in [1.29, 1.82) is 0 Å². The van der Waals surface area contributed by atoms with Crippen molar-refractivity contribution in [2.24, 2.45) is 5.73 Å². The number of amides is 2. The van der Waals surface area contributed by atoms with Crippen LogP contribution in [0.1, 0.15) is 12.1 Å². The van der Waals surface area contributed by atoms with Crippen LogP contribution < -0.4 is 5.73 Å². The van der Waals surface area contributed by atoms with Crippen LogP contribution >= 0.6 is 0 Å². The Morgan fingerprint density at radius 3 is 2.69 bits per heavy atom. The molecule has 0 aliphatic heterocycles. The summed E-state index contributed by atoms with van der Waals surface area (Å²) in [4.78, 5) is 26.7. The molecule has 0 fully saturated rings. The lowest BCUT2D eigenvalue weighted by atomic mass is 10.3. The smallest absolute Gasteiger partial charge is 0.315 e. The second kappa shape index (κ2) is 5.69. The van der Waals surface area contributed by atoms with Gasteiger partial charge in [0, 0.05) is 12.7 Å². The van der Waals surface area contributed by atoms with Gasteiger partial charge < -0.3 is 15.7 Å². The van der Waals surface area contributed by atoms with Crippen molar-refractivity contribution in [3.05, 3.63) is 30.1 Å². The third-order valence-electron chi connectivity index (χ3n) is 1.99. The highest BCUT2D eigenvalue weighted by atomic mass is 16.4. The lowest BCUT2D eigenvalue weighted by molar-refractivity contribution is -0.137. The van der Waals surface area contributed by atoms with Crippen LogP contribution in [0.15, 0.2) is 24.4 Å². The van der Waals surface area contributed by atoms with Crippen LogP contribution in [0, 0.1) is 0 Å². The molecule has 0 aromatic carbocycles. The summed E-state index contributed by atoms with van der Waals surface area (Å²) >= 11 is 0. The number of aliphatic carboxylic acids is 1. The summed E-state index contributed by atoms with van der Waals surface area (Å²) in [5, 5.41) is 8.52. The van der Waals surface area contributed by atoms with E-state index in [1.807, 2.05) is 0 Å². The topological polar surface area (TPSA) is 96.5 Å². The molecule has 0 aliphatic carbocycles. The number of carbonyl (C=O) groups excluding carboxylic acids is 1. The van der Waals surface area contributed by atoms with Crippen LogP contribution in [0.25, 0.3) is 0 Å². The summed E-state index contributed by atoms with van der Waals surface area (Å²) in [5.74, 6) is -0.965. The molecular formula is C10H13N3O3. The van der Waals surface area contributed by atoms with E-state index >= 15 is 0 Å². The van der Waals surface area contributed by atoms with E-state index in [0.29, 0.717) is 5.69 Å². The van der Waals surface area contributed by atoms with Gasteiger partial charge >= 0.3 is 12.0 Å². The zero-order chi connectivity index (χ0) is 12.0. The third kappa shape index (κ3) is 3.95. The van der Waals surface area contributed by atoms with Crippen LogP contribution in [0.4, 0.5) is 4.79 Å². The summed E-state index contributed by atoms with van der Waals surface area (Å²) in [5.41, 5.74) is 5.81. The highest BCUT2D eigenvalue weighted by molar-refractivity contribution is 5.73. The minimum absolute atomic E-state index is 0.0846. The number of carbonyl (C=O) groups is 2. The van der Waals surface area contributed by atoms with Gasteiger partial charge in [-0.3, -0.25) is 9.78 Å². The monoisotopic (exact) mass is 223 g/mol. The molecular weight excluding hydrogens is 210 g/mol. The van der Waals surface area contributed by atoms with Gasteiger partial charge in [-0.15, -0.1) is 0 Å². The third-order valence-corrected chi connectivity index (χ3v) is 1.99. The molecule has 3 N–H and O–H groups in total. The molecule has 1 aromatic heterocycles. The fourth-order valence-electron chi connectivity index (χ4n) is 1.18. The van der Waals surface area contributed by atoms with Crippen molar-refractivity contribution in [3.63, 3.8) is 0 Å². The highest BCUT2D eigenvalue weighted by Crippen LogP contribution is 2.01. The first-order chi connectivity index (χ1) is 7.59. The lowest BCUT2D eigenvalue weighted by Crippen LogP contribution is -2.36. The van der Waals surface area contributed by atoms with Crippen molar-refractivity contribution < 1.29 is 14.7 Å². The Hall–Kier alpha value is -2.11. The predicted octanol–water partition coefficient (Wildman–Crippen LogP) is 0.437. The summed E-state index contributed by atoms with van der Waals surface area (Å²) in [6.07, 6.45) is 1.47. The summed E-state index contributed by atoms with van der Waals surface area (Å²) in [7, 11) is 0. The van der Waals surface area contributed by atoms with E-state index in [-0.39, 0.29) is 19.5 Å². The number of rotatable bonds is 5. The first-order valence-electron chi connectivity index (χ1n) is 4.75. The number of carboxylic acid groups (broad SMARTS) is 1. The Morgan fingerprint density at radius 2 is 2.19 bits per heavy atom. The van der Waals surface area contributed by atoms with E-state index in [0.717, 1.165) is 0 Å². The molecule has 1 heterocycles. The number of aromatic nitrogens is 1. The molecule has 0 saturated heterocycles. The quantitative estimate of drug-likeness (QED) is 0.756. The minimum atomic E-state index is -0.965. The Bertz CT molecular complexity index is 367. The van der Waals surface area contributed by atoms with Crippen LogP contribution in [0.3, 0.4) is 0 Å². The van der Waals surface area contributed by atoms with Crippen LogP contribution in [-0.4, -0.2) is 33.5 Å². The van der Waals surface area contributed by atoms with E-state index in [1.165, 1.54) is 4.90 Å². The van der Waals surface area contributed by atoms with Crippen LogP contribution in [0.5, 0.6) is 0 Å². The number of pyridine rings is 1. The van der Waals surface area contributed by atoms with Crippen molar-refractivity contribution in [3.8, 4) is 0 Å². The number of primary amides is 1. The average molecular weight is 223 g/mol. The standard InChI is InChI=1S/C10H13N3O3/c11-10(16)13(6-4-9(14)15)7-8-3-1-2-5-12-8/h1-3,5H,4,6-7H2,(H2,11,16)(H,14,15). The van der Waals surface area contributed by atoms with Crippen molar-refractivity contribution >= 4 is 12.0 Å². The zero-order valence-electron chi connectivity index (χ0n) is 8.67. The summed E-state index contributed by atoms with van der Waals surface area (Å²) in [6.45, 7) is 0.310. The molecule has 0 unspecified atom stereocenters. The normalized spacial score (nSPS) is 9.75. The lowest BCUT2D eigenvalue weighted by Gasteiger charge is -2.18. The number of hydrogen-bond donors (Lipinski definition) is 2. The average Bonchev–Trinajstić information content (AvgIpc) is 2.25. The fourth-order valence-corrected chi connectivity index (χ4v) is 1.18. The number of nitrogens with two attached hydrogens (primary N) is 1. The Labute approximate surface area is 92.7 Å². The molecule has 0 atom stereocenters. The van der Waals surface area contributed by atoms with Crippen LogP contribution in [0.2, 0.25) is 0 Å². The van der Waals surface area contributed by atoms with Crippen LogP contribution in [-0.2, 0) is 11.3 Å². The first kappa shape index (κ1) is 12.0. The van der Waals surface area contributed by atoms with E-state index in [2.05, 4.69) is 4.98 Å². The fraction of sp³-hybridized carbons (Fsp3) is 0.300. The maximum absolute atomic E-state index is 11.0. The zero-order valence-corrected chi connectivity index (χ0v) is 8.67. The van der Waals surface area contributed by atoms with Gasteiger partial charge in [-0.25, -0.2) is 4.79 Å². The number of hydrogen-bond acceptors (Lipinski definition) is 3. The molecule has 0 spiro atoms. The van der Waals surface area contributed by atoms with Gasteiger partial charge in [0.05, 0.1) is 18.7 Å². The summed E-state index contributed by atoms with van der Waals surface area (Å²) < 4.78 is 0. The second-order valence-corrected chi connectivity index (χ2v) is 3.22. The largest absolute Gasteiger partial charge is 0.481 e. The molecule has 0 aliphatic rings. The first-order valence-corrected chi connectivity index (χ1v) is 4.75. The molecule has 6 heteroatoms. The predicted molar refractivity (Wildman–Crippen MR) is 56.5 cm³/mol. The maximum Gasteiger partial charge on any atom is 0.315 e. The van der Waals surface area contributed by atoms with E-state index in [1.54, 1.807) is 24.4 Å². The van der Waals surface area contributed by atoms with E-state index < -0.39 is 12.0 Å². The second-order valence-electron chi connectivity index (χ2n) is 3.22. The Kier molecular flexibility index (Phi) is 4.26. The van der Waals surface area contributed by atoms with Crippen molar-refractivity contribution in [2.45, 2.75) is 13.0 Å². The van der Waals surface area contributed by atoms with Gasteiger partial charge in [0.1, 0.15) is 0 Å². The molecule has 0 bridgehead atoms. The molecule has 86 valence electrons. The van der Waals surface area contributed by atoms with Gasteiger partial charge in [0.25, 0.3) is 0 Å². The molecule has 0 radical (unpaired) electrons. The van der Waals surface area contributed by atoms with E-state index in [9.17, 15) is 9.59 Å². The molecule has 16 heavy (non-hydrogen) atoms. The number of carboxylic acids is 1. The number of urea groups is 1. The van der Waals surface area contributed by atoms with Crippen molar-refractivity contribution in [1.82, 2.24) is 9.88 Å². The SMILES string of the molecule is NC(=O)N(CCC(=O)O)Cc1ccccn1. The van der Waals surface area contributed by atoms with E-state index in [4.69, 9.17) is 10.8 Å². The van der Waals surface area contributed by atoms with Gasteiger partial charge in [-0.2, -0.15) is 0 Å². The number of nitrogens with zero attached hydrogens (tertiary/aromatic N) is 2. The Balaban J connectivity index is 2.58. The van der Waals surface area contributed by atoms with Crippen molar-refractivity contribution in [2.75, 3.05) is 6.54 Å².